The lowest BCUT2D eigenvalue weighted by Gasteiger charge is -2.11. The molecule has 0 atom stereocenters. The summed E-state index contributed by atoms with van der Waals surface area (Å²) in [4.78, 5) is 17.3. The molecule has 0 aliphatic rings. The molecule has 0 aliphatic carbocycles. The summed E-state index contributed by atoms with van der Waals surface area (Å²) in [6.45, 7) is 5.78. The van der Waals surface area contributed by atoms with Crippen molar-refractivity contribution in [3.05, 3.63) is 65.3 Å². The highest BCUT2D eigenvalue weighted by Crippen LogP contribution is 2.31. The van der Waals surface area contributed by atoms with Gasteiger partial charge >= 0.3 is 0 Å². The van der Waals surface area contributed by atoms with Crippen molar-refractivity contribution in [1.29, 1.82) is 0 Å². The zero-order valence-electron chi connectivity index (χ0n) is 17.5. The number of hydrogen-bond acceptors (Lipinski definition) is 5. The fourth-order valence-electron chi connectivity index (χ4n) is 3.50. The van der Waals surface area contributed by atoms with Gasteiger partial charge in [-0.15, -0.1) is 0 Å². The van der Waals surface area contributed by atoms with Crippen LogP contribution in [0.15, 0.2) is 47.2 Å². The molecule has 0 unspecified atom stereocenters. The van der Waals surface area contributed by atoms with E-state index in [4.69, 9.17) is 14.2 Å². The number of hydrogen-bond donors (Lipinski definition) is 1. The second kappa shape index (κ2) is 8.02. The van der Waals surface area contributed by atoms with E-state index in [1.165, 1.54) is 0 Å². The second-order valence-corrected chi connectivity index (χ2v) is 7.36. The van der Waals surface area contributed by atoms with Crippen LogP contribution in [0, 0.1) is 20.8 Å². The molecule has 4 aromatic rings. The van der Waals surface area contributed by atoms with E-state index in [2.05, 4.69) is 10.5 Å². The van der Waals surface area contributed by atoms with Gasteiger partial charge in [-0.1, -0.05) is 5.16 Å². The SMILES string of the molecule is COc1ccc(-c2cn3ccc(C)cc3n2)cc1NC(=O)CCc1c(C)noc1C. The Balaban J connectivity index is 1.55. The van der Waals surface area contributed by atoms with Gasteiger partial charge in [0.2, 0.25) is 5.91 Å². The van der Waals surface area contributed by atoms with Crippen molar-refractivity contribution in [1.82, 2.24) is 14.5 Å². The lowest BCUT2D eigenvalue weighted by atomic mass is 10.1. The summed E-state index contributed by atoms with van der Waals surface area (Å²) in [5.41, 5.74) is 6.18. The largest absolute Gasteiger partial charge is 0.495 e. The number of carbonyl (C=O) groups excluding carboxylic acids is 1. The third kappa shape index (κ3) is 3.91. The minimum absolute atomic E-state index is 0.101. The molecule has 3 heterocycles. The van der Waals surface area contributed by atoms with Gasteiger partial charge in [0.1, 0.15) is 17.2 Å². The average Bonchev–Trinajstić information content (AvgIpc) is 3.29. The molecule has 7 heteroatoms. The van der Waals surface area contributed by atoms with Gasteiger partial charge in [-0.25, -0.2) is 4.98 Å². The van der Waals surface area contributed by atoms with Crippen molar-refractivity contribution < 1.29 is 14.1 Å². The van der Waals surface area contributed by atoms with Crippen LogP contribution in [0.1, 0.15) is 29.0 Å². The number of aromatic nitrogens is 3. The summed E-state index contributed by atoms with van der Waals surface area (Å²) in [6.07, 6.45) is 4.85. The Morgan fingerprint density at radius 3 is 2.77 bits per heavy atom. The monoisotopic (exact) mass is 404 g/mol. The summed E-state index contributed by atoms with van der Waals surface area (Å²) >= 11 is 0. The number of rotatable bonds is 6. The van der Waals surface area contributed by atoms with E-state index in [-0.39, 0.29) is 5.91 Å². The van der Waals surface area contributed by atoms with E-state index in [1.54, 1.807) is 7.11 Å². The number of benzene rings is 1. The topological polar surface area (TPSA) is 81.7 Å². The molecule has 1 N–H and O–H groups in total. The number of nitrogens with zero attached hydrogens (tertiary/aromatic N) is 3. The minimum Gasteiger partial charge on any atom is -0.495 e. The number of aryl methyl sites for hydroxylation is 3. The molecule has 0 saturated carbocycles. The Kier molecular flexibility index (Phi) is 5.27. The van der Waals surface area contributed by atoms with E-state index in [0.717, 1.165) is 39.5 Å². The quantitative estimate of drug-likeness (QED) is 0.512. The van der Waals surface area contributed by atoms with Gasteiger partial charge < -0.3 is 19.0 Å². The predicted molar refractivity (Wildman–Crippen MR) is 115 cm³/mol. The van der Waals surface area contributed by atoms with Gasteiger partial charge in [0.05, 0.1) is 24.2 Å². The number of fused-ring (bicyclic) bond motifs is 1. The first-order valence-electron chi connectivity index (χ1n) is 9.80. The molecule has 0 saturated heterocycles. The lowest BCUT2D eigenvalue weighted by Crippen LogP contribution is -2.13. The summed E-state index contributed by atoms with van der Waals surface area (Å²) in [7, 11) is 1.59. The van der Waals surface area contributed by atoms with Crippen LogP contribution in [0.2, 0.25) is 0 Å². The van der Waals surface area contributed by atoms with Crippen molar-refractivity contribution >= 4 is 17.2 Å². The molecule has 1 amide bonds. The number of nitrogens with one attached hydrogen (secondary N) is 1. The van der Waals surface area contributed by atoms with Crippen LogP contribution < -0.4 is 10.1 Å². The second-order valence-electron chi connectivity index (χ2n) is 7.36. The third-order valence-electron chi connectivity index (χ3n) is 5.17. The van der Waals surface area contributed by atoms with Crippen LogP contribution in [0.3, 0.4) is 0 Å². The van der Waals surface area contributed by atoms with Crippen molar-refractivity contribution in [3.63, 3.8) is 0 Å². The van der Waals surface area contributed by atoms with Gasteiger partial charge in [0.25, 0.3) is 0 Å². The van der Waals surface area contributed by atoms with Crippen LogP contribution >= 0.6 is 0 Å². The van der Waals surface area contributed by atoms with Crippen LogP contribution in [0.5, 0.6) is 5.75 Å². The fraction of sp³-hybridized carbons (Fsp3) is 0.261. The van der Waals surface area contributed by atoms with Gasteiger partial charge in [-0.05, 0) is 63.1 Å². The molecule has 0 spiro atoms. The third-order valence-corrected chi connectivity index (χ3v) is 5.17. The number of amides is 1. The van der Waals surface area contributed by atoms with Crippen LogP contribution in [-0.4, -0.2) is 27.6 Å². The van der Waals surface area contributed by atoms with E-state index < -0.39 is 0 Å². The number of anilines is 1. The zero-order valence-corrected chi connectivity index (χ0v) is 17.5. The molecule has 4 rings (SSSR count). The molecular formula is C23H24N4O3. The first-order chi connectivity index (χ1) is 14.4. The standard InChI is InChI=1S/C23H24N4O3/c1-14-9-10-27-13-20(24-22(27)11-14)17-5-7-21(29-4)19(12-17)25-23(28)8-6-18-15(2)26-30-16(18)3/h5,7,9-13H,6,8H2,1-4H3,(H,25,28). The maximum Gasteiger partial charge on any atom is 0.224 e. The van der Waals surface area contributed by atoms with Gasteiger partial charge in [0, 0.05) is 29.9 Å². The van der Waals surface area contributed by atoms with Crippen molar-refractivity contribution in [2.45, 2.75) is 33.6 Å². The molecule has 0 aliphatic heterocycles. The average molecular weight is 404 g/mol. The van der Waals surface area contributed by atoms with E-state index in [0.29, 0.717) is 24.3 Å². The molecule has 30 heavy (non-hydrogen) atoms. The molecule has 0 bridgehead atoms. The first kappa shape index (κ1) is 19.7. The molecule has 154 valence electrons. The van der Waals surface area contributed by atoms with E-state index in [9.17, 15) is 4.79 Å². The minimum atomic E-state index is -0.101. The van der Waals surface area contributed by atoms with Gasteiger partial charge in [-0.3, -0.25) is 4.79 Å². The van der Waals surface area contributed by atoms with Crippen molar-refractivity contribution in [2.75, 3.05) is 12.4 Å². The first-order valence-corrected chi connectivity index (χ1v) is 9.80. The predicted octanol–water partition coefficient (Wildman–Crippen LogP) is 4.49. The molecule has 1 aromatic carbocycles. The molecule has 0 fully saturated rings. The number of carbonyl (C=O) groups is 1. The molecule has 0 radical (unpaired) electrons. The Bertz CT molecular complexity index is 1200. The summed E-state index contributed by atoms with van der Waals surface area (Å²) in [5, 5.41) is 6.90. The van der Waals surface area contributed by atoms with E-state index >= 15 is 0 Å². The summed E-state index contributed by atoms with van der Waals surface area (Å²) in [5.74, 6) is 1.25. The lowest BCUT2D eigenvalue weighted by molar-refractivity contribution is -0.116. The Labute approximate surface area is 174 Å². The maximum absolute atomic E-state index is 12.6. The number of imidazole rings is 1. The van der Waals surface area contributed by atoms with Crippen LogP contribution in [0.25, 0.3) is 16.9 Å². The summed E-state index contributed by atoms with van der Waals surface area (Å²) in [6, 6.07) is 9.74. The van der Waals surface area contributed by atoms with Gasteiger partial charge in [0.15, 0.2) is 0 Å². The Hall–Kier alpha value is -3.61. The zero-order chi connectivity index (χ0) is 21.3. The highest BCUT2D eigenvalue weighted by molar-refractivity contribution is 5.93. The Morgan fingerprint density at radius 1 is 1.20 bits per heavy atom. The van der Waals surface area contributed by atoms with Crippen molar-refractivity contribution in [2.24, 2.45) is 0 Å². The smallest absolute Gasteiger partial charge is 0.224 e. The fourth-order valence-corrected chi connectivity index (χ4v) is 3.50. The normalized spacial score (nSPS) is 11.1. The van der Waals surface area contributed by atoms with Crippen LogP contribution in [0.4, 0.5) is 5.69 Å². The Morgan fingerprint density at radius 2 is 2.03 bits per heavy atom. The van der Waals surface area contributed by atoms with E-state index in [1.807, 2.05) is 67.9 Å². The number of methoxy groups -OCH3 is 1. The molecule has 3 aromatic heterocycles. The highest BCUT2D eigenvalue weighted by atomic mass is 16.5. The molecular weight excluding hydrogens is 380 g/mol. The molecule has 7 nitrogen and oxygen atoms in total. The highest BCUT2D eigenvalue weighted by Gasteiger charge is 2.14. The number of pyridine rings is 1. The maximum atomic E-state index is 12.6. The number of ether oxygens (including phenoxy) is 1. The summed E-state index contributed by atoms with van der Waals surface area (Å²) < 4.78 is 12.6. The van der Waals surface area contributed by atoms with Gasteiger partial charge in [-0.2, -0.15) is 0 Å². The van der Waals surface area contributed by atoms with Crippen LogP contribution in [-0.2, 0) is 11.2 Å². The van der Waals surface area contributed by atoms with Crippen molar-refractivity contribution in [3.8, 4) is 17.0 Å².